The zero-order valence-electron chi connectivity index (χ0n) is 46.8. The molecule has 404 valence electrons. The van der Waals surface area contributed by atoms with Crippen LogP contribution in [0, 0.1) is 183 Å². The van der Waals surface area contributed by atoms with E-state index in [0.29, 0.717) is 12.5 Å². The Morgan fingerprint density at radius 1 is 0.338 bits per heavy atom. The van der Waals surface area contributed by atoms with E-state index in [4.69, 9.17) is 4.74 Å². The molecule has 15 fully saturated rings. The smallest absolute Gasteiger partial charge is 0.302 e. The van der Waals surface area contributed by atoms with Crippen LogP contribution in [-0.4, -0.2) is 12.6 Å². The van der Waals surface area contributed by atoms with Gasteiger partial charge in [-0.15, -0.1) is 0 Å². The summed E-state index contributed by atoms with van der Waals surface area (Å²) in [6, 6.07) is 0. The molecule has 0 aromatic rings. The molecular formula is C72H104O2. The Kier molecular flexibility index (Phi) is 12.8. The Balaban J connectivity index is 0.0000000841. The summed E-state index contributed by atoms with van der Waals surface area (Å²) in [5, 5.41) is 0. The van der Waals surface area contributed by atoms with E-state index in [-0.39, 0.29) is 5.97 Å². The average molecular weight is 1000 g/mol. The summed E-state index contributed by atoms with van der Waals surface area (Å²) < 4.78 is 5.25. The lowest BCUT2D eigenvalue weighted by Gasteiger charge is -2.41. The van der Waals surface area contributed by atoms with Gasteiger partial charge in [0, 0.05) is 6.92 Å². The fourth-order valence-corrected chi connectivity index (χ4v) is 27.4. The molecule has 0 amide bonds. The van der Waals surface area contributed by atoms with Crippen molar-refractivity contribution in [3.05, 3.63) is 48.6 Å². The van der Waals surface area contributed by atoms with Crippen molar-refractivity contribution in [1.29, 1.82) is 0 Å². The first-order chi connectivity index (χ1) is 36.5. The quantitative estimate of drug-likeness (QED) is 0.138. The van der Waals surface area contributed by atoms with Crippen LogP contribution in [0.2, 0.25) is 0 Å². The minimum Gasteiger partial charge on any atom is -0.466 e. The molecule has 74 heavy (non-hydrogen) atoms. The molecule has 0 saturated heterocycles. The number of hydrogen-bond acceptors (Lipinski definition) is 2. The van der Waals surface area contributed by atoms with Gasteiger partial charge in [-0.05, 0) is 273 Å². The van der Waals surface area contributed by atoms with Gasteiger partial charge in [0.25, 0.3) is 0 Å². The predicted octanol–water partition coefficient (Wildman–Crippen LogP) is 17.8. The van der Waals surface area contributed by atoms with Crippen molar-refractivity contribution in [3.8, 4) is 0 Å². The van der Waals surface area contributed by atoms with Gasteiger partial charge in [-0.1, -0.05) is 151 Å². The topological polar surface area (TPSA) is 26.3 Å². The fourth-order valence-electron chi connectivity index (χ4n) is 27.4. The number of carbonyl (C=O) groups is 1. The van der Waals surface area contributed by atoms with Crippen LogP contribution in [0.3, 0.4) is 0 Å². The van der Waals surface area contributed by atoms with Crippen LogP contribution in [-0.2, 0) is 9.53 Å². The van der Waals surface area contributed by atoms with Gasteiger partial charge in [0.05, 0.1) is 6.61 Å². The van der Waals surface area contributed by atoms with Crippen molar-refractivity contribution in [1.82, 2.24) is 0 Å². The van der Waals surface area contributed by atoms with Gasteiger partial charge < -0.3 is 4.74 Å². The molecule has 2 heteroatoms. The molecule has 0 spiro atoms. The first-order valence-corrected chi connectivity index (χ1v) is 34.3. The minimum absolute atomic E-state index is 0.114. The second kappa shape index (κ2) is 19.6. The average Bonchev–Trinajstić information content (AvgIpc) is 4.30. The Hall–Kier alpha value is -1.57. The maximum Gasteiger partial charge on any atom is 0.302 e. The zero-order valence-corrected chi connectivity index (χ0v) is 46.8. The predicted molar refractivity (Wildman–Crippen MR) is 300 cm³/mol. The highest BCUT2D eigenvalue weighted by Crippen LogP contribution is 2.71. The molecule has 15 saturated carbocycles. The lowest BCUT2D eigenvalue weighted by atomic mass is 9.64. The van der Waals surface area contributed by atoms with E-state index in [1.54, 1.807) is 122 Å². The molecular weight excluding hydrogens is 897 g/mol. The van der Waals surface area contributed by atoms with E-state index < -0.39 is 0 Å². The Bertz CT molecular complexity index is 2160. The summed E-state index contributed by atoms with van der Waals surface area (Å²) in [5.74, 6) is 32.6. The maximum atomic E-state index is 10.9. The molecule has 19 rings (SSSR count). The molecule has 0 aromatic heterocycles. The monoisotopic (exact) mass is 1000 g/mol. The second-order valence-corrected chi connectivity index (χ2v) is 32.0. The molecule has 19 aliphatic carbocycles. The third kappa shape index (κ3) is 8.12. The van der Waals surface area contributed by atoms with Crippen molar-refractivity contribution in [2.75, 3.05) is 6.61 Å². The van der Waals surface area contributed by atoms with Gasteiger partial charge in [-0.25, -0.2) is 0 Å². The van der Waals surface area contributed by atoms with Crippen molar-refractivity contribution < 1.29 is 9.53 Å². The van der Waals surface area contributed by atoms with Gasteiger partial charge in [0.1, 0.15) is 0 Å². The molecule has 0 aromatic carbocycles. The van der Waals surface area contributed by atoms with Crippen LogP contribution in [0.15, 0.2) is 48.6 Å². The Labute approximate surface area is 451 Å². The molecule has 0 N–H and O–H groups in total. The fraction of sp³-hybridized carbons (Fsp3) is 0.875. The third-order valence-electron chi connectivity index (χ3n) is 29.3. The standard InChI is InChI=1S/C20H30.C19H28.C18H26.C15H20O2/c1-2-4-13(5-3-1)6-7-14-10-17-12-18(14)20-16-9-8-15(11-16)19(17)20;1-2-4-12(5-3-1)8-15-10-16-11-17(15)19-14-7-6-13(9-14)18(16)19;1-2-4-11(5-3-1)15-9-14-10-16(15)18-13-7-6-12(8-13)17(14)18;1-8(16)17-7-12-5-11-6-13(12)15-10-3-2-9(4-10)14(11)15/h8-9,13-20H,1-7,10-12H2;6-7,12-19H,1-5,8-11H2;6-7,11-18H,1-5,8-10H2;2-3,9-15H,4-7H2,1H3. The molecule has 16 bridgehead atoms. The highest BCUT2D eigenvalue weighted by Gasteiger charge is 2.64. The number of ether oxygens (including phenoxy) is 1. The number of allylic oxidation sites excluding steroid dienone is 8. The highest BCUT2D eigenvalue weighted by molar-refractivity contribution is 5.65. The largest absolute Gasteiger partial charge is 0.466 e. The number of fused-ring (bicyclic) bond motifs is 36. The molecule has 28 unspecified atom stereocenters. The van der Waals surface area contributed by atoms with E-state index in [1.165, 1.54) is 77.6 Å². The van der Waals surface area contributed by atoms with E-state index in [9.17, 15) is 4.79 Å². The van der Waals surface area contributed by atoms with E-state index in [1.807, 2.05) is 0 Å². The number of hydrogen-bond donors (Lipinski definition) is 0. The first-order valence-electron chi connectivity index (χ1n) is 34.3. The molecule has 0 radical (unpaired) electrons. The Morgan fingerprint density at radius 3 is 1.20 bits per heavy atom. The lowest BCUT2D eigenvalue weighted by Crippen LogP contribution is -2.34. The zero-order chi connectivity index (χ0) is 48.8. The van der Waals surface area contributed by atoms with Gasteiger partial charge in [-0.2, -0.15) is 0 Å². The minimum atomic E-state index is -0.114. The normalized spacial score (nSPS) is 54.6. The van der Waals surface area contributed by atoms with Gasteiger partial charge in [0.15, 0.2) is 0 Å². The SMILES string of the molecule is C1=CC2CC1C1C3CC(C4CCCCC4)C(C3)C21.C1=CC2CC1C1C3CC(CC4CCCCC4)C(C3)C21.C1=CC2CC1C1C3CC(CCC4CCCCC4)C(C3)C21.CC(=O)OCC1CC2CC1C1C3C=CC(C3)C21. The van der Waals surface area contributed by atoms with Crippen molar-refractivity contribution in [3.63, 3.8) is 0 Å². The van der Waals surface area contributed by atoms with Crippen LogP contribution >= 0.6 is 0 Å². The number of rotatable bonds is 8. The molecule has 2 nitrogen and oxygen atoms in total. The Morgan fingerprint density at radius 2 is 0.703 bits per heavy atom. The van der Waals surface area contributed by atoms with Crippen molar-refractivity contribution in [2.24, 2.45) is 183 Å². The lowest BCUT2D eigenvalue weighted by molar-refractivity contribution is -0.143. The number of esters is 1. The molecule has 0 heterocycles. The third-order valence-corrected chi connectivity index (χ3v) is 29.3. The van der Waals surface area contributed by atoms with Crippen LogP contribution in [0.5, 0.6) is 0 Å². The van der Waals surface area contributed by atoms with Crippen molar-refractivity contribution in [2.45, 2.75) is 200 Å². The van der Waals surface area contributed by atoms with E-state index in [0.717, 1.165) is 178 Å². The summed E-state index contributed by atoms with van der Waals surface area (Å²) in [6.07, 6.45) is 67.0. The summed E-state index contributed by atoms with van der Waals surface area (Å²) in [6.45, 7) is 2.21. The van der Waals surface area contributed by atoms with Crippen LogP contribution in [0.25, 0.3) is 0 Å². The summed E-state index contributed by atoms with van der Waals surface area (Å²) in [5.41, 5.74) is 0. The van der Waals surface area contributed by atoms with E-state index >= 15 is 0 Å². The van der Waals surface area contributed by atoms with Crippen LogP contribution < -0.4 is 0 Å². The number of carbonyl (C=O) groups excluding carboxylic acids is 1. The van der Waals surface area contributed by atoms with Gasteiger partial charge in [0.2, 0.25) is 0 Å². The van der Waals surface area contributed by atoms with Gasteiger partial charge >= 0.3 is 5.97 Å². The van der Waals surface area contributed by atoms with E-state index in [2.05, 4.69) is 48.6 Å². The first kappa shape index (κ1) is 48.3. The maximum absolute atomic E-state index is 10.9. The highest BCUT2D eigenvalue weighted by atomic mass is 16.5. The van der Waals surface area contributed by atoms with Crippen LogP contribution in [0.1, 0.15) is 200 Å². The summed E-state index contributed by atoms with van der Waals surface area (Å²) >= 11 is 0. The molecule has 19 aliphatic rings. The van der Waals surface area contributed by atoms with Gasteiger partial charge in [-0.3, -0.25) is 4.79 Å². The molecule has 28 atom stereocenters. The summed E-state index contributed by atoms with van der Waals surface area (Å²) in [4.78, 5) is 10.9. The van der Waals surface area contributed by atoms with Crippen LogP contribution in [0.4, 0.5) is 0 Å². The second-order valence-electron chi connectivity index (χ2n) is 32.0. The van der Waals surface area contributed by atoms with Crippen molar-refractivity contribution >= 4 is 5.97 Å². The molecule has 0 aliphatic heterocycles. The summed E-state index contributed by atoms with van der Waals surface area (Å²) in [7, 11) is 0.